The van der Waals surface area contributed by atoms with Gasteiger partial charge in [0.25, 0.3) is 0 Å². The van der Waals surface area contributed by atoms with Crippen LogP contribution in [-0.4, -0.2) is 0 Å². The van der Waals surface area contributed by atoms with Gasteiger partial charge in [-0.15, -0.1) is 0 Å². The monoisotopic (exact) mass is 889 g/mol. The van der Waals surface area contributed by atoms with E-state index in [2.05, 4.69) is 279 Å². The summed E-state index contributed by atoms with van der Waals surface area (Å²) in [6, 6.07) is 99.7. The van der Waals surface area contributed by atoms with Gasteiger partial charge in [0.2, 0.25) is 0 Å². The molecule has 0 saturated heterocycles. The molecule has 0 fully saturated rings. The van der Waals surface area contributed by atoms with Gasteiger partial charge >= 0.3 is 0 Å². The van der Waals surface area contributed by atoms with E-state index in [4.69, 9.17) is 0 Å². The molecule has 0 N–H and O–H groups in total. The summed E-state index contributed by atoms with van der Waals surface area (Å²) in [6.07, 6.45) is 0. The third-order valence-corrected chi connectivity index (χ3v) is 15.6. The zero-order valence-electron chi connectivity index (χ0n) is 38.9. The first kappa shape index (κ1) is 40.3. The maximum Gasteiger partial charge on any atom is 0.0725 e. The second-order valence-electron chi connectivity index (χ2n) is 19.2. The number of hydrogen-bond donors (Lipinski definition) is 0. The molecule has 3 aliphatic rings. The summed E-state index contributed by atoms with van der Waals surface area (Å²) in [5.74, 6) is 0. The van der Waals surface area contributed by atoms with E-state index in [1.807, 2.05) is 0 Å². The van der Waals surface area contributed by atoms with Crippen LogP contribution < -0.4 is 4.90 Å². The normalized spacial score (nSPS) is 13.7. The van der Waals surface area contributed by atoms with Crippen molar-refractivity contribution in [2.45, 2.75) is 17.8 Å². The molecule has 328 valence electrons. The molecule has 3 aliphatic carbocycles. The zero-order chi connectivity index (χ0) is 46.4. The van der Waals surface area contributed by atoms with Gasteiger partial charge in [0.05, 0.1) is 10.8 Å². The van der Waals surface area contributed by atoms with Gasteiger partial charge in [-0.25, -0.2) is 0 Å². The Morgan fingerprint density at radius 1 is 0.243 bits per heavy atom. The van der Waals surface area contributed by atoms with Crippen molar-refractivity contribution in [3.05, 3.63) is 317 Å². The largest absolute Gasteiger partial charge is 0.310 e. The van der Waals surface area contributed by atoms with E-state index in [0.29, 0.717) is 0 Å². The lowest BCUT2D eigenvalue weighted by Crippen LogP contribution is -2.28. The molecule has 1 nitrogen and oxygen atoms in total. The quantitative estimate of drug-likeness (QED) is 0.154. The van der Waals surface area contributed by atoms with Crippen LogP contribution in [0.5, 0.6) is 0 Å². The standard InChI is InChI=1S/C69H47N/c1-46-41-50(49-35-40-66-61(44-49)59-28-14-18-32-65(59)69(66)63-30-16-12-25-56(63)57-26-13-17-31-64(57)69)43-55(42-46)70(53-36-33-48(34-37-53)47-19-5-2-6-20-47)54-38-39-60-58-27-11-15-29-62(58)68(67(60)45-54,51-21-7-3-8-22-51)52-23-9-4-10-24-52/h2-45H,1H3. The number of fused-ring (bicyclic) bond motifs is 13. The maximum absolute atomic E-state index is 2.48. The van der Waals surface area contributed by atoms with Crippen LogP contribution in [0.25, 0.3) is 55.6 Å². The first-order valence-electron chi connectivity index (χ1n) is 24.5. The molecule has 0 amide bonds. The fraction of sp³-hybridized carbons (Fsp3) is 0.0435. The average molecular weight is 890 g/mol. The molecule has 70 heavy (non-hydrogen) atoms. The van der Waals surface area contributed by atoms with Gasteiger partial charge in [0.1, 0.15) is 0 Å². The second kappa shape index (κ2) is 15.6. The smallest absolute Gasteiger partial charge is 0.0725 e. The highest BCUT2D eigenvalue weighted by Crippen LogP contribution is 2.63. The predicted octanol–water partition coefficient (Wildman–Crippen LogP) is 17.5. The second-order valence-corrected chi connectivity index (χ2v) is 19.2. The molecular formula is C69H47N. The number of anilines is 3. The van der Waals surface area contributed by atoms with E-state index in [-0.39, 0.29) is 5.41 Å². The Labute approximate surface area is 410 Å². The summed E-state index contributed by atoms with van der Waals surface area (Å²) < 4.78 is 0. The first-order chi connectivity index (χ1) is 34.6. The van der Waals surface area contributed by atoms with E-state index >= 15 is 0 Å². The van der Waals surface area contributed by atoms with Gasteiger partial charge in [-0.1, -0.05) is 224 Å². The summed E-state index contributed by atoms with van der Waals surface area (Å²) in [5.41, 5.74) is 26.7. The summed E-state index contributed by atoms with van der Waals surface area (Å²) >= 11 is 0. The molecule has 0 aromatic heterocycles. The molecule has 0 unspecified atom stereocenters. The summed E-state index contributed by atoms with van der Waals surface area (Å²) in [6.45, 7) is 2.24. The van der Waals surface area contributed by atoms with Crippen molar-refractivity contribution >= 4 is 17.1 Å². The summed E-state index contributed by atoms with van der Waals surface area (Å²) in [5, 5.41) is 0. The zero-order valence-corrected chi connectivity index (χ0v) is 38.9. The lowest BCUT2D eigenvalue weighted by atomic mass is 9.67. The fourth-order valence-electron chi connectivity index (χ4n) is 12.8. The van der Waals surface area contributed by atoms with Gasteiger partial charge < -0.3 is 4.90 Å². The fourth-order valence-corrected chi connectivity index (χ4v) is 12.8. The predicted molar refractivity (Wildman–Crippen MR) is 290 cm³/mol. The Morgan fingerprint density at radius 3 is 1.24 bits per heavy atom. The van der Waals surface area contributed by atoms with Crippen molar-refractivity contribution in [3.8, 4) is 55.6 Å². The number of benzene rings is 11. The van der Waals surface area contributed by atoms with E-state index in [1.165, 1.54) is 106 Å². The van der Waals surface area contributed by atoms with Crippen LogP contribution in [0.4, 0.5) is 17.1 Å². The van der Waals surface area contributed by atoms with Crippen molar-refractivity contribution in [1.82, 2.24) is 0 Å². The Bertz CT molecular complexity index is 3740. The average Bonchev–Trinajstić information content (AvgIpc) is 4.02. The van der Waals surface area contributed by atoms with Gasteiger partial charge in [-0.3, -0.25) is 0 Å². The molecule has 1 spiro atoms. The molecule has 0 aliphatic heterocycles. The minimum atomic E-state index is -0.524. The molecule has 0 radical (unpaired) electrons. The van der Waals surface area contributed by atoms with Crippen LogP contribution in [0, 0.1) is 6.92 Å². The SMILES string of the molecule is Cc1cc(-c2ccc3c(c2)-c2ccccc2C32c3ccccc3-c3ccccc32)cc(N(c2ccc(-c3ccccc3)cc2)c2ccc3c(c2)C(c2ccccc2)(c2ccccc2)c2ccccc2-3)c1. The molecule has 14 rings (SSSR count). The lowest BCUT2D eigenvalue weighted by Gasteiger charge is -2.35. The Kier molecular flexibility index (Phi) is 9.00. The van der Waals surface area contributed by atoms with Crippen molar-refractivity contribution in [3.63, 3.8) is 0 Å². The van der Waals surface area contributed by atoms with Crippen molar-refractivity contribution in [1.29, 1.82) is 0 Å². The third-order valence-electron chi connectivity index (χ3n) is 15.6. The Hall–Kier alpha value is -8.78. The molecule has 1 heteroatoms. The van der Waals surface area contributed by atoms with Gasteiger partial charge in [0.15, 0.2) is 0 Å². The topological polar surface area (TPSA) is 3.24 Å². The molecule has 0 saturated carbocycles. The minimum absolute atomic E-state index is 0.375. The highest BCUT2D eigenvalue weighted by Gasteiger charge is 2.51. The highest BCUT2D eigenvalue weighted by atomic mass is 15.1. The summed E-state index contributed by atoms with van der Waals surface area (Å²) in [7, 11) is 0. The van der Waals surface area contributed by atoms with Gasteiger partial charge in [-0.05, 0) is 155 Å². The van der Waals surface area contributed by atoms with Crippen LogP contribution in [0.15, 0.2) is 267 Å². The van der Waals surface area contributed by atoms with E-state index in [9.17, 15) is 0 Å². The molecular weight excluding hydrogens is 843 g/mol. The lowest BCUT2D eigenvalue weighted by molar-refractivity contribution is 0.768. The van der Waals surface area contributed by atoms with E-state index in [1.54, 1.807) is 0 Å². The number of nitrogens with zero attached hydrogens (tertiary/aromatic N) is 1. The number of rotatable bonds is 7. The van der Waals surface area contributed by atoms with Crippen molar-refractivity contribution in [2.24, 2.45) is 0 Å². The van der Waals surface area contributed by atoms with Gasteiger partial charge in [0, 0.05) is 17.1 Å². The van der Waals surface area contributed by atoms with Crippen molar-refractivity contribution < 1.29 is 0 Å². The molecule has 11 aromatic carbocycles. The Morgan fingerprint density at radius 2 is 0.671 bits per heavy atom. The number of hydrogen-bond acceptors (Lipinski definition) is 1. The summed E-state index contributed by atoms with van der Waals surface area (Å²) in [4.78, 5) is 2.47. The van der Waals surface area contributed by atoms with Crippen molar-refractivity contribution in [2.75, 3.05) is 4.90 Å². The van der Waals surface area contributed by atoms with Crippen LogP contribution in [0.3, 0.4) is 0 Å². The van der Waals surface area contributed by atoms with Crippen LogP contribution in [-0.2, 0) is 10.8 Å². The molecule has 11 aromatic rings. The maximum atomic E-state index is 2.48. The van der Waals surface area contributed by atoms with Crippen LogP contribution >= 0.6 is 0 Å². The van der Waals surface area contributed by atoms with E-state index < -0.39 is 5.41 Å². The van der Waals surface area contributed by atoms with Gasteiger partial charge in [-0.2, -0.15) is 0 Å². The highest BCUT2D eigenvalue weighted by molar-refractivity contribution is 5.97. The van der Waals surface area contributed by atoms with Crippen LogP contribution in [0.2, 0.25) is 0 Å². The molecule has 0 heterocycles. The molecule has 0 atom stereocenters. The van der Waals surface area contributed by atoms with E-state index in [0.717, 1.165) is 17.1 Å². The number of aryl methyl sites for hydroxylation is 1. The third kappa shape index (κ3) is 5.73. The first-order valence-corrected chi connectivity index (χ1v) is 24.5. The Balaban J connectivity index is 0.965. The minimum Gasteiger partial charge on any atom is -0.310 e. The molecule has 0 bridgehead atoms. The van der Waals surface area contributed by atoms with Crippen LogP contribution in [0.1, 0.15) is 50.1 Å².